The third-order valence-corrected chi connectivity index (χ3v) is 3.18. The van der Waals surface area contributed by atoms with Gasteiger partial charge in [0, 0.05) is 17.1 Å². The van der Waals surface area contributed by atoms with Crippen molar-refractivity contribution in [1.29, 1.82) is 5.26 Å². The first kappa shape index (κ1) is 11.6. The van der Waals surface area contributed by atoms with E-state index in [1.807, 2.05) is 36.4 Å². The minimum atomic E-state index is 0.360. The maximum atomic E-state index is 9.09. The van der Waals surface area contributed by atoms with E-state index in [0.29, 0.717) is 21.7 Å². The number of fused-ring (bicyclic) bond motifs is 1. The van der Waals surface area contributed by atoms with E-state index in [9.17, 15) is 0 Å². The van der Waals surface area contributed by atoms with Gasteiger partial charge in [-0.15, -0.1) is 0 Å². The third kappa shape index (κ3) is 2.03. The molecule has 0 saturated carbocycles. The van der Waals surface area contributed by atoms with E-state index < -0.39 is 0 Å². The van der Waals surface area contributed by atoms with Crippen LogP contribution in [0.4, 0.5) is 0 Å². The molecule has 0 radical (unpaired) electrons. The fraction of sp³-hybridized carbons (Fsp3) is 0. The molecule has 3 rings (SSSR count). The van der Waals surface area contributed by atoms with Gasteiger partial charge in [0.05, 0.1) is 5.52 Å². The van der Waals surface area contributed by atoms with E-state index in [4.69, 9.17) is 16.9 Å². The van der Waals surface area contributed by atoms with Crippen LogP contribution in [0.1, 0.15) is 5.69 Å². The van der Waals surface area contributed by atoms with E-state index >= 15 is 0 Å². The van der Waals surface area contributed by atoms with Crippen molar-refractivity contribution in [3.8, 4) is 17.2 Å². The molecular formula is C15H8ClN3. The highest BCUT2D eigenvalue weighted by Gasteiger charge is 2.10. The van der Waals surface area contributed by atoms with Gasteiger partial charge in [-0.05, 0) is 17.7 Å². The number of halogens is 1. The molecule has 3 aromatic rings. The van der Waals surface area contributed by atoms with Crippen molar-refractivity contribution in [3.63, 3.8) is 0 Å². The normalized spacial score (nSPS) is 10.3. The van der Waals surface area contributed by atoms with Crippen LogP contribution in [0.15, 0.2) is 48.7 Å². The van der Waals surface area contributed by atoms with Crippen molar-refractivity contribution in [3.05, 3.63) is 59.5 Å². The number of aromatic nitrogens is 2. The van der Waals surface area contributed by atoms with Crippen molar-refractivity contribution in [2.24, 2.45) is 0 Å². The molecule has 0 atom stereocenters. The largest absolute Gasteiger partial charge is 0.245 e. The van der Waals surface area contributed by atoms with Gasteiger partial charge in [-0.25, -0.2) is 9.97 Å². The summed E-state index contributed by atoms with van der Waals surface area (Å²) >= 11 is 6.22. The molecule has 0 unspecified atom stereocenters. The molecule has 2 heterocycles. The minimum absolute atomic E-state index is 0.360. The Labute approximate surface area is 115 Å². The van der Waals surface area contributed by atoms with Crippen LogP contribution in [-0.4, -0.2) is 9.97 Å². The van der Waals surface area contributed by atoms with E-state index in [1.165, 1.54) is 0 Å². The molecule has 0 aliphatic carbocycles. The van der Waals surface area contributed by atoms with Gasteiger partial charge < -0.3 is 0 Å². The summed E-state index contributed by atoms with van der Waals surface area (Å²) in [5.41, 5.74) is 2.81. The predicted molar refractivity (Wildman–Crippen MR) is 74.7 cm³/mol. The zero-order valence-electron chi connectivity index (χ0n) is 9.84. The molecule has 1 aromatic carbocycles. The monoisotopic (exact) mass is 265 g/mol. The lowest BCUT2D eigenvalue weighted by Gasteiger charge is -2.06. The van der Waals surface area contributed by atoms with E-state index in [0.717, 1.165) is 11.1 Å². The summed E-state index contributed by atoms with van der Waals surface area (Å²) in [6, 6.07) is 15.4. The molecule has 0 N–H and O–H groups in total. The highest BCUT2D eigenvalue weighted by atomic mass is 35.5. The lowest BCUT2D eigenvalue weighted by atomic mass is 10.1. The van der Waals surface area contributed by atoms with Crippen molar-refractivity contribution in [2.75, 3.05) is 0 Å². The van der Waals surface area contributed by atoms with Crippen LogP contribution in [0.2, 0.25) is 5.15 Å². The Morgan fingerprint density at radius 1 is 1.11 bits per heavy atom. The Balaban J connectivity index is 2.33. The lowest BCUT2D eigenvalue weighted by Crippen LogP contribution is -1.90. The summed E-state index contributed by atoms with van der Waals surface area (Å²) in [7, 11) is 0. The second kappa shape index (κ2) is 4.68. The molecule has 19 heavy (non-hydrogen) atoms. The Morgan fingerprint density at radius 3 is 2.63 bits per heavy atom. The number of hydrogen-bond donors (Lipinski definition) is 0. The van der Waals surface area contributed by atoms with Crippen molar-refractivity contribution < 1.29 is 0 Å². The zero-order chi connectivity index (χ0) is 13.2. The van der Waals surface area contributed by atoms with Crippen LogP contribution in [0, 0.1) is 11.3 Å². The first-order valence-electron chi connectivity index (χ1n) is 5.70. The molecule has 4 heteroatoms. The molecule has 0 aliphatic rings. The smallest absolute Gasteiger partial charge is 0.149 e. The number of rotatable bonds is 1. The number of nitrogens with zero attached hydrogens (tertiary/aromatic N) is 3. The van der Waals surface area contributed by atoms with E-state index in [-0.39, 0.29) is 0 Å². The Bertz CT molecular complexity index is 792. The average molecular weight is 266 g/mol. The summed E-state index contributed by atoms with van der Waals surface area (Å²) in [4.78, 5) is 8.38. The molecule has 0 saturated heterocycles. The zero-order valence-corrected chi connectivity index (χ0v) is 10.6. The molecular weight excluding hydrogens is 258 g/mol. The standard InChI is InChI=1S/C15H8ClN3/c16-15-11(10-4-2-1-3-5-10)8-12-13(19-15)6-7-18-14(12)9-17/h1-8H. The van der Waals surface area contributed by atoms with Gasteiger partial charge in [0.2, 0.25) is 0 Å². The number of hydrogen-bond acceptors (Lipinski definition) is 3. The third-order valence-electron chi connectivity index (χ3n) is 2.89. The van der Waals surface area contributed by atoms with E-state index in [1.54, 1.807) is 12.3 Å². The average Bonchev–Trinajstić information content (AvgIpc) is 2.46. The summed E-state index contributed by atoms with van der Waals surface area (Å²) in [6.45, 7) is 0. The Hall–Kier alpha value is -2.44. The fourth-order valence-electron chi connectivity index (χ4n) is 1.98. The second-order valence-corrected chi connectivity index (χ2v) is 4.39. The molecule has 0 spiro atoms. The highest BCUT2D eigenvalue weighted by Crippen LogP contribution is 2.30. The van der Waals surface area contributed by atoms with Gasteiger partial charge in [-0.2, -0.15) is 5.26 Å². The highest BCUT2D eigenvalue weighted by molar-refractivity contribution is 6.32. The maximum absolute atomic E-state index is 9.09. The predicted octanol–water partition coefficient (Wildman–Crippen LogP) is 3.82. The van der Waals surface area contributed by atoms with Gasteiger partial charge in [-0.3, -0.25) is 0 Å². The van der Waals surface area contributed by atoms with Crippen molar-refractivity contribution in [2.45, 2.75) is 0 Å². The minimum Gasteiger partial charge on any atom is -0.245 e. The number of nitriles is 1. The Kier molecular flexibility index (Phi) is 2.86. The molecule has 3 nitrogen and oxygen atoms in total. The van der Waals surface area contributed by atoms with Crippen LogP contribution >= 0.6 is 11.6 Å². The summed E-state index contributed by atoms with van der Waals surface area (Å²) < 4.78 is 0. The van der Waals surface area contributed by atoms with E-state index in [2.05, 4.69) is 16.0 Å². The summed E-state index contributed by atoms with van der Waals surface area (Å²) in [5, 5.41) is 10.2. The van der Waals surface area contributed by atoms with Gasteiger partial charge >= 0.3 is 0 Å². The quantitative estimate of drug-likeness (QED) is 0.629. The number of pyridine rings is 2. The summed E-state index contributed by atoms with van der Waals surface area (Å²) in [5.74, 6) is 0. The molecule has 0 bridgehead atoms. The second-order valence-electron chi connectivity index (χ2n) is 4.03. The van der Waals surface area contributed by atoms with Gasteiger partial charge in [0.15, 0.2) is 0 Å². The Morgan fingerprint density at radius 2 is 1.89 bits per heavy atom. The maximum Gasteiger partial charge on any atom is 0.149 e. The van der Waals surface area contributed by atoms with Crippen molar-refractivity contribution in [1.82, 2.24) is 9.97 Å². The SMILES string of the molecule is N#Cc1nccc2nc(Cl)c(-c3ccccc3)cc12. The number of benzene rings is 1. The molecule has 2 aromatic heterocycles. The lowest BCUT2D eigenvalue weighted by molar-refractivity contribution is 1.27. The van der Waals surface area contributed by atoms with Crippen LogP contribution < -0.4 is 0 Å². The first-order valence-corrected chi connectivity index (χ1v) is 6.08. The van der Waals surface area contributed by atoms with Crippen molar-refractivity contribution >= 4 is 22.5 Å². The fourth-order valence-corrected chi connectivity index (χ4v) is 2.24. The van der Waals surface area contributed by atoms with Gasteiger partial charge in [-0.1, -0.05) is 41.9 Å². The molecule has 0 fully saturated rings. The van der Waals surface area contributed by atoms with Crippen LogP contribution in [0.3, 0.4) is 0 Å². The summed E-state index contributed by atoms with van der Waals surface area (Å²) in [6.07, 6.45) is 1.56. The van der Waals surface area contributed by atoms with Crippen LogP contribution in [0.5, 0.6) is 0 Å². The van der Waals surface area contributed by atoms with Crippen LogP contribution in [-0.2, 0) is 0 Å². The van der Waals surface area contributed by atoms with Crippen LogP contribution in [0.25, 0.3) is 22.0 Å². The topological polar surface area (TPSA) is 49.6 Å². The first-order chi connectivity index (χ1) is 9.29. The van der Waals surface area contributed by atoms with Gasteiger partial charge in [0.1, 0.15) is 16.9 Å². The molecule has 0 aliphatic heterocycles. The molecule has 90 valence electrons. The van der Waals surface area contributed by atoms with Gasteiger partial charge in [0.25, 0.3) is 0 Å². The molecule has 0 amide bonds.